The molecule has 0 bridgehead atoms. The van der Waals surface area contributed by atoms with Crippen LogP contribution in [0.1, 0.15) is 38.2 Å². The monoisotopic (exact) mass is 267 g/mol. The van der Waals surface area contributed by atoms with Gasteiger partial charge in [-0.3, -0.25) is 0 Å². The molecule has 1 aromatic carbocycles. The van der Waals surface area contributed by atoms with Crippen LogP contribution in [0.25, 0.3) is 0 Å². The number of sulfonamides is 1. The Labute approximate surface area is 110 Å². The molecule has 0 spiro atoms. The first-order valence-electron chi connectivity index (χ1n) is 6.73. The Morgan fingerprint density at radius 1 is 1.00 bits per heavy atom. The summed E-state index contributed by atoms with van der Waals surface area (Å²) in [5.74, 6) is 0. The summed E-state index contributed by atoms with van der Waals surface area (Å²) in [6, 6.07) is 7.29. The van der Waals surface area contributed by atoms with Crippen LogP contribution in [0, 0.1) is 0 Å². The summed E-state index contributed by atoms with van der Waals surface area (Å²) in [4.78, 5) is 0.432. The minimum Gasteiger partial charge on any atom is -0.207 e. The van der Waals surface area contributed by atoms with Gasteiger partial charge in [0.1, 0.15) is 0 Å². The second-order valence-electron chi connectivity index (χ2n) is 4.82. The summed E-state index contributed by atoms with van der Waals surface area (Å²) in [6.07, 6.45) is 5.17. The van der Waals surface area contributed by atoms with E-state index in [0.29, 0.717) is 18.0 Å². The number of rotatable bonds is 3. The highest BCUT2D eigenvalue weighted by Gasteiger charge is 2.24. The van der Waals surface area contributed by atoms with Crippen molar-refractivity contribution in [2.24, 2.45) is 0 Å². The zero-order valence-corrected chi connectivity index (χ0v) is 11.7. The third-order valence-corrected chi connectivity index (χ3v) is 5.45. The van der Waals surface area contributed by atoms with Gasteiger partial charge in [0, 0.05) is 13.1 Å². The molecule has 0 saturated carbocycles. The first-order valence-corrected chi connectivity index (χ1v) is 8.17. The van der Waals surface area contributed by atoms with Gasteiger partial charge < -0.3 is 0 Å². The molecule has 0 radical (unpaired) electrons. The van der Waals surface area contributed by atoms with Crippen molar-refractivity contribution < 1.29 is 8.42 Å². The van der Waals surface area contributed by atoms with Gasteiger partial charge in [0.05, 0.1) is 4.90 Å². The quantitative estimate of drug-likeness (QED) is 0.844. The molecule has 1 fully saturated rings. The number of hydrogen-bond donors (Lipinski definition) is 0. The predicted octanol–water partition coefficient (Wildman–Crippen LogP) is 2.81. The maximum atomic E-state index is 12.5. The minimum atomic E-state index is -3.28. The van der Waals surface area contributed by atoms with Crippen molar-refractivity contribution in [3.8, 4) is 0 Å². The largest absolute Gasteiger partial charge is 0.243 e. The topological polar surface area (TPSA) is 37.4 Å². The van der Waals surface area contributed by atoms with Gasteiger partial charge in [-0.05, 0) is 37.0 Å². The molecular formula is C14H21NO2S. The van der Waals surface area contributed by atoms with Crippen molar-refractivity contribution >= 4 is 10.0 Å². The van der Waals surface area contributed by atoms with Gasteiger partial charge in [-0.1, -0.05) is 31.9 Å². The van der Waals surface area contributed by atoms with Crippen LogP contribution in [-0.4, -0.2) is 25.8 Å². The molecular weight excluding hydrogens is 246 g/mol. The molecule has 0 unspecified atom stereocenters. The van der Waals surface area contributed by atoms with Gasteiger partial charge in [-0.15, -0.1) is 0 Å². The molecule has 0 N–H and O–H groups in total. The third kappa shape index (κ3) is 2.93. The minimum absolute atomic E-state index is 0.432. The van der Waals surface area contributed by atoms with Crippen molar-refractivity contribution in [3.05, 3.63) is 29.8 Å². The van der Waals surface area contributed by atoms with E-state index < -0.39 is 10.0 Å². The molecule has 0 aromatic heterocycles. The van der Waals surface area contributed by atoms with Crippen molar-refractivity contribution in [3.63, 3.8) is 0 Å². The fraction of sp³-hybridized carbons (Fsp3) is 0.571. The fourth-order valence-electron chi connectivity index (χ4n) is 2.33. The number of benzene rings is 1. The smallest absolute Gasteiger partial charge is 0.207 e. The molecule has 0 amide bonds. The Hall–Kier alpha value is -0.870. The zero-order chi connectivity index (χ0) is 13.0. The van der Waals surface area contributed by atoms with Gasteiger partial charge in [0.15, 0.2) is 0 Å². The molecule has 100 valence electrons. The maximum Gasteiger partial charge on any atom is 0.243 e. The van der Waals surface area contributed by atoms with Crippen LogP contribution < -0.4 is 0 Å². The molecule has 2 rings (SSSR count). The normalized spacial score (nSPS) is 18.5. The van der Waals surface area contributed by atoms with Crippen molar-refractivity contribution in [1.29, 1.82) is 0 Å². The van der Waals surface area contributed by atoms with Crippen molar-refractivity contribution in [2.75, 3.05) is 13.1 Å². The van der Waals surface area contributed by atoms with E-state index in [0.717, 1.165) is 32.1 Å². The first-order chi connectivity index (χ1) is 8.64. The van der Waals surface area contributed by atoms with Crippen LogP contribution in [0.15, 0.2) is 29.2 Å². The molecule has 0 atom stereocenters. The van der Waals surface area contributed by atoms with Crippen LogP contribution in [0.2, 0.25) is 0 Å². The van der Waals surface area contributed by atoms with Crippen LogP contribution in [-0.2, 0) is 16.4 Å². The summed E-state index contributed by atoms with van der Waals surface area (Å²) >= 11 is 0. The third-order valence-electron chi connectivity index (χ3n) is 3.53. The predicted molar refractivity (Wildman–Crippen MR) is 73.0 cm³/mol. The van der Waals surface area contributed by atoms with E-state index in [1.165, 1.54) is 5.56 Å². The van der Waals surface area contributed by atoms with Gasteiger partial charge in [-0.25, -0.2) is 8.42 Å². The summed E-state index contributed by atoms with van der Waals surface area (Å²) in [5, 5.41) is 0. The van der Waals surface area contributed by atoms with E-state index in [2.05, 4.69) is 6.92 Å². The molecule has 1 aromatic rings. The zero-order valence-electron chi connectivity index (χ0n) is 10.9. The van der Waals surface area contributed by atoms with Crippen LogP contribution in [0.3, 0.4) is 0 Å². The molecule has 1 heterocycles. The van der Waals surface area contributed by atoms with E-state index in [4.69, 9.17) is 0 Å². The Kier molecular flexibility index (Phi) is 4.40. The van der Waals surface area contributed by atoms with E-state index >= 15 is 0 Å². The SMILES string of the molecule is CCc1ccc(S(=O)(=O)N2CCCCCC2)cc1. The Balaban J connectivity index is 2.22. The molecule has 1 aliphatic rings. The van der Waals surface area contributed by atoms with Crippen LogP contribution >= 0.6 is 0 Å². The lowest BCUT2D eigenvalue weighted by Crippen LogP contribution is -2.31. The number of aryl methyl sites for hydroxylation is 1. The average molecular weight is 267 g/mol. The molecule has 1 saturated heterocycles. The second-order valence-corrected chi connectivity index (χ2v) is 6.75. The average Bonchev–Trinajstić information content (AvgIpc) is 2.68. The van der Waals surface area contributed by atoms with E-state index in [9.17, 15) is 8.42 Å². The fourth-order valence-corrected chi connectivity index (χ4v) is 3.85. The highest BCUT2D eigenvalue weighted by atomic mass is 32.2. The molecule has 18 heavy (non-hydrogen) atoms. The molecule has 1 aliphatic heterocycles. The molecule has 0 aliphatic carbocycles. The lowest BCUT2D eigenvalue weighted by molar-refractivity contribution is 0.423. The maximum absolute atomic E-state index is 12.5. The van der Waals surface area contributed by atoms with Gasteiger partial charge >= 0.3 is 0 Å². The van der Waals surface area contributed by atoms with Gasteiger partial charge in [-0.2, -0.15) is 4.31 Å². The highest BCUT2D eigenvalue weighted by Crippen LogP contribution is 2.20. The number of hydrogen-bond acceptors (Lipinski definition) is 2. The summed E-state index contributed by atoms with van der Waals surface area (Å²) < 4.78 is 26.6. The van der Waals surface area contributed by atoms with Crippen molar-refractivity contribution in [1.82, 2.24) is 4.31 Å². The second kappa shape index (κ2) is 5.85. The summed E-state index contributed by atoms with van der Waals surface area (Å²) in [7, 11) is -3.28. The van der Waals surface area contributed by atoms with Crippen LogP contribution in [0.5, 0.6) is 0 Å². The molecule has 4 heteroatoms. The van der Waals surface area contributed by atoms with E-state index in [1.807, 2.05) is 12.1 Å². The standard InChI is InChI=1S/C14H21NO2S/c1-2-13-7-9-14(10-8-13)18(16,17)15-11-5-3-4-6-12-15/h7-10H,2-6,11-12H2,1H3. The van der Waals surface area contributed by atoms with Crippen molar-refractivity contribution in [2.45, 2.75) is 43.9 Å². The summed E-state index contributed by atoms with van der Waals surface area (Å²) in [5.41, 5.74) is 1.17. The van der Waals surface area contributed by atoms with E-state index in [-0.39, 0.29) is 0 Å². The summed E-state index contributed by atoms with van der Waals surface area (Å²) in [6.45, 7) is 3.40. The first kappa shape index (κ1) is 13.6. The van der Waals surface area contributed by atoms with E-state index in [1.54, 1.807) is 16.4 Å². The Morgan fingerprint density at radius 3 is 2.06 bits per heavy atom. The number of nitrogens with zero attached hydrogens (tertiary/aromatic N) is 1. The van der Waals surface area contributed by atoms with Gasteiger partial charge in [0.2, 0.25) is 10.0 Å². The molecule has 3 nitrogen and oxygen atoms in total. The lowest BCUT2D eigenvalue weighted by atomic mass is 10.2. The Bertz CT molecular complexity index is 471. The van der Waals surface area contributed by atoms with Crippen LogP contribution in [0.4, 0.5) is 0 Å². The lowest BCUT2D eigenvalue weighted by Gasteiger charge is -2.20. The Morgan fingerprint density at radius 2 is 1.56 bits per heavy atom. The van der Waals surface area contributed by atoms with Gasteiger partial charge in [0.25, 0.3) is 0 Å². The highest BCUT2D eigenvalue weighted by molar-refractivity contribution is 7.89.